The predicted octanol–water partition coefficient (Wildman–Crippen LogP) is 10.3. The van der Waals surface area contributed by atoms with Crippen LogP contribution in [0.3, 0.4) is 0 Å². The quantitative estimate of drug-likeness (QED) is 0.0692. The molecule has 0 saturated carbocycles. The van der Waals surface area contributed by atoms with Crippen molar-refractivity contribution in [1.82, 2.24) is 0 Å². The second kappa shape index (κ2) is 37.5. The summed E-state index contributed by atoms with van der Waals surface area (Å²) in [6.07, 6.45) is 26.2. The summed E-state index contributed by atoms with van der Waals surface area (Å²) < 4.78 is 28.8. The van der Waals surface area contributed by atoms with E-state index >= 15 is 0 Å². The van der Waals surface area contributed by atoms with Gasteiger partial charge in [0.2, 0.25) is 0 Å². The molecule has 1 aromatic rings. The molecule has 0 aliphatic carbocycles. The molecule has 0 aliphatic heterocycles. The van der Waals surface area contributed by atoms with Gasteiger partial charge in [-0.15, -0.1) is 0 Å². The average molecular weight is 714 g/mol. The first-order valence-corrected chi connectivity index (χ1v) is 22.1. The van der Waals surface area contributed by atoms with Crippen molar-refractivity contribution >= 4 is 67.5 Å². The fraction of sp³-hybridized carbons (Fsp3) is 0.800. The van der Waals surface area contributed by atoms with Crippen molar-refractivity contribution in [3.05, 3.63) is 30.3 Å². The van der Waals surface area contributed by atoms with Gasteiger partial charge in [0.25, 0.3) is 10.1 Å². The van der Waals surface area contributed by atoms with Crippen LogP contribution >= 0.6 is 19.6 Å². The fourth-order valence-electron chi connectivity index (χ4n) is 4.05. The number of hydrogen-bond donors (Lipinski definition) is 1. The van der Waals surface area contributed by atoms with Crippen molar-refractivity contribution in [2.75, 3.05) is 13.2 Å². The van der Waals surface area contributed by atoms with Gasteiger partial charge in [0.15, 0.2) is 0 Å². The van der Waals surface area contributed by atoms with E-state index in [4.69, 9.17) is 9.92 Å². The van der Waals surface area contributed by atoms with Crippen molar-refractivity contribution in [2.24, 2.45) is 5.73 Å². The summed E-state index contributed by atoms with van der Waals surface area (Å²) in [4.78, 5) is 0.238. The number of hydrogen-bond acceptors (Lipinski definition) is 6. The Balaban J connectivity index is -0.000000197. The summed E-state index contributed by atoms with van der Waals surface area (Å²) in [5, 5.41) is 0. The predicted molar refractivity (Wildman–Crippen MR) is 175 cm³/mol. The zero-order valence-electron chi connectivity index (χ0n) is 27.1. The molecule has 0 amide bonds. The molecule has 1 rings (SSSR count). The SMILES string of the molecule is CCCCCCCCCCCCN.CCCCCCCCCCCCOS(=O)(=O)c1ccccc1.[Ca+2].[H-].[H-].[S]=[Mo]=[S]. The summed E-state index contributed by atoms with van der Waals surface area (Å²) in [5.74, 6) is 0. The first kappa shape index (κ1) is 44.9. The van der Waals surface area contributed by atoms with E-state index in [2.05, 4.69) is 33.5 Å². The first-order chi connectivity index (χ1) is 18.5. The Hall–Kier alpha value is 1.48. The van der Waals surface area contributed by atoms with Crippen LogP contribution in [-0.2, 0) is 29.2 Å². The zero-order chi connectivity index (χ0) is 28.6. The van der Waals surface area contributed by atoms with Crippen molar-refractivity contribution in [2.45, 2.75) is 147 Å². The Labute approximate surface area is 291 Å². The summed E-state index contributed by atoms with van der Waals surface area (Å²) in [6.45, 7) is 5.66. The Bertz CT molecular complexity index is 736. The van der Waals surface area contributed by atoms with Gasteiger partial charge in [-0.25, -0.2) is 0 Å². The van der Waals surface area contributed by atoms with Gasteiger partial charge < -0.3 is 8.59 Å². The van der Waals surface area contributed by atoms with Crippen LogP contribution in [-0.4, -0.2) is 59.3 Å². The number of rotatable bonds is 23. The molecule has 0 bridgehead atoms. The molecule has 0 unspecified atom stereocenters. The molecule has 0 radical (unpaired) electrons. The summed E-state index contributed by atoms with van der Waals surface area (Å²) in [5.41, 5.74) is 5.42. The maximum absolute atomic E-state index is 11.9. The van der Waals surface area contributed by atoms with Crippen molar-refractivity contribution in [3.63, 3.8) is 0 Å². The van der Waals surface area contributed by atoms with Gasteiger partial charge in [0.05, 0.1) is 11.5 Å². The van der Waals surface area contributed by atoms with Crippen molar-refractivity contribution in [3.8, 4) is 0 Å². The van der Waals surface area contributed by atoms with Crippen LogP contribution in [0.5, 0.6) is 0 Å². The van der Waals surface area contributed by atoms with Gasteiger partial charge in [-0.2, -0.15) is 8.42 Å². The van der Waals surface area contributed by atoms with Crippen LogP contribution in [0.4, 0.5) is 0 Å². The molecule has 4 nitrogen and oxygen atoms in total. The van der Waals surface area contributed by atoms with E-state index in [-0.39, 0.29) is 67.0 Å². The molecule has 39 heavy (non-hydrogen) atoms. The van der Waals surface area contributed by atoms with Crippen molar-refractivity contribution < 1.29 is 30.4 Å². The van der Waals surface area contributed by atoms with Crippen LogP contribution in [0.25, 0.3) is 0 Å². The van der Waals surface area contributed by atoms with Crippen LogP contribution in [0.1, 0.15) is 145 Å². The second-order valence-electron chi connectivity index (χ2n) is 9.81. The molecule has 2 N–H and O–H groups in total. The topological polar surface area (TPSA) is 69.4 Å². The standard InChI is InChI=1S/C18H30O3S.C12H27N.Ca.Mo.2S.2H/c1-2-3-4-5-6-7-8-9-10-14-17-21-22(19,20)18-15-12-11-13-16-18;1-2-3-4-5-6-7-8-9-10-11-12-13;;;;;;/h11-13,15-16H,2-10,14,17H2,1H3;2-13H2,1H3;;;;;;/q;;+2;;;;2*-1. The van der Waals surface area contributed by atoms with Crippen LogP contribution in [0.2, 0.25) is 0 Å². The average Bonchev–Trinajstić information content (AvgIpc) is 2.92. The van der Waals surface area contributed by atoms with Gasteiger partial charge in [-0.3, -0.25) is 4.18 Å². The van der Waals surface area contributed by atoms with E-state index in [0.29, 0.717) is 0 Å². The third kappa shape index (κ3) is 35.6. The molecule has 1 aromatic carbocycles. The Morgan fingerprint density at radius 3 is 1.36 bits per heavy atom. The minimum absolute atomic E-state index is 0. The molecular weight excluding hydrogens is 655 g/mol. The minimum atomic E-state index is -3.57. The van der Waals surface area contributed by atoms with E-state index in [0.717, 1.165) is 19.4 Å². The third-order valence-corrected chi connectivity index (χ3v) is 7.65. The van der Waals surface area contributed by atoms with Crippen LogP contribution < -0.4 is 5.73 Å². The maximum atomic E-state index is 11.9. The molecule has 0 fully saturated rings. The van der Waals surface area contributed by atoms with Crippen LogP contribution in [0.15, 0.2) is 35.2 Å². The van der Waals surface area contributed by atoms with E-state index < -0.39 is 10.1 Å². The van der Waals surface area contributed by atoms with E-state index in [1.165, 1.54) is 116 Å². The molecule has 9 heteroatoms. The second-order valence-corrected chi connectivity index (χ2v) is 15.0. The molecular formula is C30H59CaMoNO3S3. The van der Waals surface area contributed by atoms with E-state index in [9.17, 15) is 8.42 Å². The number of benzene rings is 1. The molecule has 0 spiro atoms. The normalized spacial score (nSPS) is 10.4. The Kier molecular flexibility index (Phi) is 43.2. The van der Waals surface area contributed by atoms with Gasteiger partial charge >= 0.3 is 72.3 Å². The summed E-state index contributed by atoms with van der Waals surface area (Å²) in [7, 11) is 5.11. The fourth-order valence-corrected chi connectivity index (χ4v) is 5.01. The Morgan fingerprint density at radius 2 is 1.00 bits per heavy atom. The van der Waals surface area contributed by atoms with E-state index in [1.54, 1.807) is 30.3 Å². The van der Waals surface area contributed by atoms with Gasteiger partial charge in [0.1, 0.15) is 0 Å². The molecule has 0 saturated heterocycles. The van der Waals surface area contributed by atoms with Crippen molar-refractivity contribution in [1.29, 1.82) is 0 Å². The van der Waals surface area contributed by atoms with Gasteiger partial charge in [-0.1, -0.05) is 148 Å². The molecule has 0 aliphatic rings. The number of unbranched alkanes of at least 4 members (excludes halogenated alkanes) is 18. The van der Waals surface area contributed by atoms with Gasteiger partial charge in [0, 0.05) is 0 Å². The molecule has 0 atom stereocenters. The van der Waals surface area contributed by atoms with Crippen LogP contribution in [0, 0.1) is 0 Å². The molecule has 0 aromatic heterocycles. The summed E-state index contributed by atoms with van der Waals surface area (Å²) in [6, 6.07) is 8.33. The molecule has 228 valence electrons. The first-order valence-electron chi connectivity index (χ1n) is 15.1. The summed E-state index contributed by atoms with van der Waals surface area (Å²) >= 11 is -0.363. The number of nitrogens with two attached hydrogens (primary N) is 1. The Morgan fingerprint density at radius 1 is 0.667 bits per heavy atom. The third-order valence-electron chi connectivity index (χ3n) is 6.33. The zero-order valence-corrected chi connectivity index (χ0v) is 31.8. The monoisotopic (exact) mass is 715 g/mol. The van der Waals surface area contributed by atoms with E-state index in [1.807, 2.05) is 0 Å². The van der Waals surface area contributed by atoms with Gasteiger partial charge in [-0.05, 0) is 31.5 Å². The molecule has 0 heterocycles.